The quantitative estimate of drug-likeness (QED) is 0.541. The molecule has 1 atom stereocenters. The first-order valence-electron chi connectivity index (χ1n) is 11.2. The number of carbonyl (C=O) groups is 2. The van der Waals surface area contributed by atoms with Gasteiger partial charge in [-0.15, -0.1) is 0 Å². The van der Waals surface area contributed by atoms with Gasteiger partial charge in [-0.2, -0.15) is 0 Å². The van der Waals surface area contributed by atoms with Crippen molar-refractivity contribution in [3.63, 3.8) is 0 Å². The molecule has 0 saturated heterocycles. The molecular weight excluding hydrogens is 396 g/mol. The summed E-state index contributed by atoms with van der Waals surface area (Å²) in [4.78, 5) is 28.6. The molecule has 0 aliphatic carbocycles. The molecule has 0 saturated carbocycles. The van der Waals surface area contributed by atoms with Crippen LogP contribution in [0.15, 0.2) is 78.9 Å². The van der Waals surface area contributed by atoms with E-state index in [9.17, 15) is 9.59 Å². The molecule has 0 unspecified atom stereocenters. The van der Waals surface area contributed by atoms with Gasteiger partial charge in [0.15, 0.2) is 0 Å². The number of nitrogens with one attached hydrogen (secondary N) is 1. The van der Waals surface area contributed by atoms with E-state index < -0.39 is 6.04 Å². The summed E-state index contributed by atoms with van der Waals surface area (Å²) in [6.45, 7) is 6.87. The van der Waals surface area contributed by atoms with Crippen LogP contribution >= 0.6 is 0 Å². The topological polar surface area (TPSA) is 49.4 Å². The van der Waals surface area contributed by atoms with Crippen LogP contribution in [0.3, 0.4) is 0 Å². The van der Waals surface area contributed by atoms with Gasteiger partial charge in [0, 0.05) is 19.5 Å². The number of nitrogens with zero attached hydrogens (tertiary/aromatic N) is 1. The van der Waals surface area contributed by atoms with Crippen LogP contribution in [-0.2, 0) is 29.0 Å². The van der Waals surface area contributed by atoms with Crippen LogP contribution in [0.2, 0.25) is 0 Å². The van der Waals surface area contributed by atoms with Crippen LogP contribution in [0.25, 0.3) is 0 Å². The van der Waals surface area contributed by atoms with Gasteiger partial charge in [-0.3, -0.25) is 9.59 Å². The predicted molar refractivity (Wildman–Crippen MR) is 129 cm³/mol. The monoisotopic (exact) mass is 428 g/mol. The number of carbonyl (C=O) groups excluding carboxylic acids is 2. The summed E-state index contributed by atoms with van der Waals surface area (Å²) >= 11 is 0. The standard InChI is InChI=1S/C28H32N2O2/c1-4-29-28(32)26(18-23-14-6-5-7-15-23)30(20-25-17-11-9-13-22(25)3)27(31)19-24-16-10-8-12-21(24)2/h5-17,26H,4,18-20H2,1-3H3,(H,29,32)/t26-/m0/s1. The summed E-state index contributed by atoms with van der Waals surface area (Å²) in [5.41, 5.74) is 5.25. The lowest BCUT2D eigenvalue weighted by Crippen LogP contribution is -2.51. The van der Waals surface area contributed by atoms with E-state index in [1.165, 1.54) is 0 Å². The number of likely N-dealkylation sites (N-methyl/N-ethyl adjacent to an activating group) is 1. The number of aryl methyl sites for hydroxylation is 2. The molecule has 3 rings (SSSR count). The second kappa shape index (κ2) is 11.3. The second-order valence-electron chi connectivity index (χ2n) is 8.15. The molecule has 0 bridgehead atoms. The molecule has 32 heavy (non-hydrogen) atoms. The van der Waals surface area contributed by atoms with E-state index in [1.807, 2.05) is 99.6 Å². The number of benzene rings is 3. The van der Waals surface area contributed by atoms with Crippen molar-refractivity contribution in [1.82, 2.24) is 10.2 Å². The third-order valence-corrected chi connectivity index (χ3v) is 5.83. The highest BCUT2D eigenvalue weighted by molar-refractivity contribution is 5.89. The number of rotatable bonds is 9. The zero-order valence-corrected chi connectivity index (χ0v) is 19.2. The maximum atomic E-state index is 13.7. The predicted octanol–water partition coefficient (Wildman–Crippen LogP) is 4.62. The highest BCUT2D eigenvalue weighted by Crippen LogP contribution is 2.19. The molecule has 3 aromatic carbocycles. The van der Waals surface area contributed by atoms with Crippen LogP contribution in [0.4, 0.5) is 0 Å². The van der Waals surface area contributed by atoms with E-state index in [1.54, 1.807) is 4.90 Å². The molecule has 0 aliphatic rings. The van der Waals surface area contributed by atoms with E-state index in [-0.39, 0.29) is 18.2 Å². The molecule has 4 nitrogen and oxygen atoms in total. The van der Waals surface area contributed by atoms with Gasteiger partial charge in [-0.1, -0.05) is 78.9 Å². The summed E-state index contributed by atoms with van der Waals surface area (Å²) in [7, 11) is 0. The van der Waals surface area contributed by atoms with Crippen LogP contribution in [0, 0.1) is 13.8 Å². The van der Waals surface area contributed by atoms with Crippen molar-refractivity contribution in [2.75, 3.05) is 6.54 Å². The third-order valence-electron chi connectivity index (χ3n) is 5.83. The van der Waals surface area contributed by atoms with Gasteiger partial charge in [0.2, 0.25) is 11.8 Å². The Morgan fingerprint density at radius 2 is 1.38 bits per heavy atom. The average molecular weight is 429 g/mol. The van der Waals surface area contributed by atoms with Crippen molar-refractivity contribution in [2.45, 2.75) is 46.2 Å². The van der Waals surface area contributed by atoms with Crippen LogP contribution in [-0.4, -0.2) is 29.3 Å². The minimum absolute atomic E-state index is 0.0465. The molecule has 0 heterocycles. The second-order valence-corrected chi connectivity index (χ2v) is 8.15. The fraction of sp³-hybridized carbons (Fsp3) is 0.286. The highest BCUT2D eigenvalue weighted by Gasteiger charge is 2.30. The Kier molecular flexibility index (Phi) is 8.20. The Morgan fingerprint density at radius 3 is 1.97 bits per heavy atom. The molecular formula is C28H32N2O2. The zero-order valence-electron chi connectivity index (χ0n) is 19.2. The summed E-state index contributed by atoms with van der Waals surface area (Å²) in [5, 5.41) is 2.94. The first-order valence-corrected chi connectivity index (χ1v) is 11.2. The Bertz CT molecular complexity index is 1050. The number of amides is 2. The van der Waals surface area contributed by atoms with Gasteiger partial charge in [0.25, 0.3) is 0 Å². The van der Waals surface area contributed by atoms with E-state index >= 15 is 0 Å². The molecule has 0 aromatic heterocycles. The third kappa shape index (κ3) is 6.07. The first kappa shape index (κ1) is 23.3. The Balaban J connectivity index is 1.98. The van der Waals surface area contributed by atoms with Gasteiger partial charge in [-0.05, 0) is 48.6 Å². The van der Waals surface area contributed by atoms with E-state index in [0.717, 1.165) is 27.8 Å². The fourth-order valence-corrected chi connectivity index (χ4v) is 3.89. The molecule has 4 heteroatoms. The summed E-state index contributed by atoms with van der Waals surface area (Å²) < 4.78 is 0. The Labute approximate surface area is 191 Å². The van der Waals surface area contributed by atoms with Crippen molar-refractivity contribution in [2.24, 2.45) is 0 Å². The number of hydrogen-bond donors (Lipinski definition) is 1. The minimum atomic E-state index is -0.589. The molecule has 166 valence electrons. The summed E-state index contributed by atoms with van der Waals surface area (Å²) in [5.74, 6) is -0.169. The van der Waals surface area contributed by atoms with E-state index in [0.29, 0.717) is 19.5 Å². The van der Waals surface area contributed by atoms with Gasteiger partial charge in [0.1, 0.15) is 6.04 Å². The van der Waals surface area contributed by atoms with Crippen LogP contribution in [0.1, 0.15) is 34.7 Å². The maximum absolute atomic E-state index is 13.7. The Hall–Kier alpha value is -3.40. The zero-order chi connectivity index (χ0) is 22.9. The van der Waals surface area contributed by atoms with Crippen molar-refractivity contribution in [3.8, 4) is 0 Å². The van der Waals surface area contributed by atoms with Gasteiger partial charge < -0.3 is 10.2 Å². The van der Waals surface area contributed by atoms with E-state index in [4.69, 9.17) is 0 Å². The van der Waals surface area contributed by atoms with Crippen LogP contribution in [0.5, 0.6) is 0 Å². The SMILES string of the molecule is CCNC(=O)[C@H](Cc1ccccc1)N(Cc1ccccc1C)C(=O)Cc1ccccc1C. The van der Waals surface area contributed by atoms with Crippen molar-refractivity contribution < 1.29 is 9.59 Å². The maximum Gasteiger partial charge on any atom is 0.243 e. The Morgan fingerprint density at radius 1 is 0.812 bits per heavy atom. The van der Waals surface area contributed by atoms with Crippen molar-refractivity contribution in [3.05, 3.63) is 107 Å². The lowest BCUT2D eigenvalue weighted by Gasteiger charge is -2.32. The lowest BCUT2D eigenvalue weighted by molar-refractivity contribution is -0.140. The summed E-state index contributed by atoms with van der Waals surface area (Å²) in [6.07, 6.45) is 0.737. The fourth-order valence-electron chi connectivity index (χ4n) is 3.89. The first-order chi connectivity index (χ1) is 15.5. The van der Waals surface area contributed by atoms with Gasteiger partial charge in [0.05, 0.1) is 6.42 Å². The molecule has 0 radical (unpaired) electrons. The smallest absolute Gasteiger partial charge is 0.243 e. The summed E-state index contributed by atoms with van der Waals surface area (Å²) in [6, 6.07) is 25.3. The lowest BCUT2D eigenvalue weighted by atomic mass is 9.99. The van der Waals surface area contributed by atoms with Crippen LogP contribution < -0.4 is 5.32 Å². The van der Waals surface area contributed by atoms with Gasteiger partial charge in [-0.25, -0.2) is 0 Å². The largest absolute Gasteiger partial charge is 0.355 e. The minimum Gasteiger partial charge on any atom is -0.355 e. The highest BCUT2D eigenvalue weighted by atomic mass is 16.2. The molecule has 2 amide bonds. The normalized spacial score (nSPS) is 11.6. The number of hydrogen-bond acceptors (Lipinski definition) is 2. The van der Waals surface area contributed by atoms with Crippen molar-refractivity contribution in [1.29, 1.82) is 0 Å². The average Bonchev–Trinajstić information content (AvgIpc) is 2.79. The van der Waals surface area contributed by atoms with Crippen molar-refractivity contribution >= 4 is 11.8 Å². The molecule has 0 fully saturated rings. The molecule has 3 aromatic rings. The molecule has 0 spiro atoms. The van der Waals surface area contributed by atoms with E-state index in [2.05, 4.69) is 5.32 Å². The molecule has 0 aliphatic heterocycles. The molecule has 1 N–H and O–H groups in total. The van der Waals surface area contributed by atoms with Gasteiger partial charge >= 0.3 is 0 Å².